The van der Waals surface area contributed by atoms with Crippen LogP contribution in [0.25, 0.3) is 0 Å². The fourth-order valence-electron chi connectivity index (χ4n) is 2.98. The molecule has 28 heavy (non-hydrogen) atoms. The predicted molar refractivity (Wildman–Crippen MR) is 98.4 cm³/mol. The maximum Gasteiger partial charge on any atom is 0.269 e. The molecule has 0 saturated heterocycles. The molecule has 4 rings (SSSR count). The Kier molecular flexibility index (Phi) is 4.90. The molecule has 0 unspecified atom stereocenters. The first-order chi connectivity index (χ1) is 13.6. The molecule has 7 heteroatoms. The highest BCUT2D eigenvalue weighted by atomic mass is 19.1. The SMILES string of the molecule is O=[N+]([O-])c1ccc(OCc2cc(F)cc3c2O[C@H](c2ccccc2)OC3)cc1. The zero-order valence-corrected chi connectivity index (χ0v) is 14.7. The number of non-ortho nitro benzene ring substituents is 1. The number of hydrogen-bond acceptors (Lipinski definition) is 5. The lowest BCUT2D eigenvalue weighted by molar-refractivity contribution is -0.384. The molecule has 0 radical (unpaired) electrons. The normalized spacial score (nSPS) is 15.4. The van der Waals surface area contributed by atoms with Crippen LogP contribution in [0.15, 0.2) is 66.7 Å². The molecule has 6 nitrogen and oxygen atoms in total. The van der Waals surface area contributed by atoms with Crippen molar-refractivity contribution in [2.24, 2.45) is 0 Å². The van der Waals surface area contributed by atoms with E-state index in [2.05, 4.69) is 0 Å². The summed E-state index contributed by atoms with van der Waals surface area (Å²) in [5.41, 5.74) is 1.98. The van der Waals surface area contributed by atoms with Gasteiger partial charge in [0.25, 0.3) is 5.69 Å². The summed E-state index contributed by atoms with van der Waals surface area (Å²) < 4.78 is 31.4. The summed E-state index contributed by atoms with van der Waals surface area (Å²) in [5.74, 6) is 0.560. The molecule has 0 fully saturated rings. The van der Waals surface area contributed by atoms with Crippen LogP contribution in [0.5, 0.6) is 11.5 Å². The van der Waals surface area contributed by atoms with Crippen LogP contribution in [0, 0.1) is 15.9 Å². The zero-order chi connectivity index (χ0) is 19.5. The molecule has 0 saturated carbocycles. The summed E-state index contributed by atoms with van der Waals surface area (Å²) in [6.45, 7) is 0.274. The van der Waals surface area contributed by atoms with Gasteiger partial charge < -0.3 is 14.2 Å². The second kappa shape index (κ2) is 7.66. The highest BCUT2D eigenvalue weighted by Gasteiger charge is 2.25. The van der Waals surface area contributed by atoms with Gasteiger partial charge in [0.2, 0.25) is 6.29 Å². The van der Waals surface area contributed by atoms with Crippen molar-refractivity contribution in [2.75, 3.05) is 0 Å². The minimum atomic E-state index is -0.586. The Morgan fingerprint density at radius 2 is 1.86 bits per heavy atom. The van der Waals surface area contributed by atoms with Gasteiger partial charge in [-0.05, 0) is 24.3 Å². The maximum absolute atomic E-state index is 14.0. The molecular formula is C21H16FNO5. The van der Waals surface area contributed by atoms with E-state index in [1.807, 2.05) is 30.3 Å². The van der Waals surface area contributed by atoms with Crippen molar-refractivity contribution >= 4 is 5.69 Å². The van der Waals surface area contributed by atoms with Crippen LogP contribution in [0.2, 0.25) is 0 Å². The summed E-state index contributed by atoms with van der Waals surface area (Å²) in [5, 5.41) is 10.7. The number of halogens is 1. The smallest absolute Gasteiger partial charge is 0.269 e. The van der Waals surface area contributed by atoms with E-state index in [1.165, 1.54) is 36.4 Å². The Balaban J connectivity index is 1.55. The summed E-state index contributed by atoms with van der Waals surface area (Å²) in [7, 11) is 0. The van der Waals surface area contributed by atoms with E-state index in [0.29, 0.717) is 22.6 Å². The Morgan fingerprint density at radius 1 is 1.11 bits per heavy atom. The Morgan fingerprint density at radius 3 is 2.57 bits per heavy atom. The van der Waals surface area contributed by atoms with Gasteiger partial charge in [-0.25, -0.2) is 4.39 Å². The van der Waals surface area contributed by atoms with Gasteiger partial charge in [0.05, 0.1) is 11.5 Å². The van der Waals surface area contributed by atoms with Crippen molar-refractivity contribution in [1.82, 2.24) is 0 Å². The van der Waals surface area contributed by atoms with Crippen LogP contribution < -0.4 is 9.47 Å². The van der Waals surface area contributed by atoms with Gasteiger partial charge in [0, 0.05) is 28.8 Å². The number of nitro groups is 1. The Labute approximate surface area is 160 Å². The average molecular weight is 381 g/mol. The van der Waals surface area contributed by atoms with Crippen LogP contribution in [0.1, 0.15) is 23.0 Å². The standard InChI is InChI=1S/C21H16FNO5/c22-17-10-15(12-26-19-8-6-18(7-9-19)23(24)25)20-16(11-17)13-27-21(28-20)14-4-2-1-3-5-14/h1-11,21H,12-13H2/t21-/m1/s1. The molecule has 1 atom stereocenters. The van der Waals surface area contributed by atoms with Crippen molar-refractivity contribution < 1.29 is 23.5 Å². The lowest BCUT2D eigenvalue weighted by Crippen LogP contribution is -2.19. The third kappa shape index (κ3) is 3.79. The van der Waals surface area contributed by atoms with E-state index in [1.54, 1.807) is 0 Å². The molecule has 0 bridgehead atoms. The largest absolute Gasteiger partial charge is 0.489 e. The molecule has 0 spiro atoms. The number of hydrogen-bond donors (Lipinski definition) is 0. The summed E-state index contributed by atoms with van der Waals surface area (Å²) >= 11 is 0. The lowest BCUT2D eigenvalue weighted by atomic mass is 10.1. The summed E-state index contributed by atoms with van der Waals surface area (Å²) in [6, 6.07) is 17.9. The molecule has 0 aliphatic carbocycles. The average Bonchev–Trinajstić information content (AvgIpc) is 2.72. The van der Waals surface area contributed by atoms with Crippen LogP contribution in [-0.4, -0.2) is 4.92 Å². The molecule has 142 valence electrons. The minimum Gasteiger partial charge on any atom is -0.489 e. The maximum atomic E-state index is 14.0. The molecule has 1 heterocycles. The second-order valence-corrected chi connectivity index (χ2v) is 6.26. The number of ether oxygens (including phenoxy) is 3. The van der Waals surface area contributed by atoms with Crippen LogP contribution in [0.4, 0.5) is 10.1 Å². The number of nitro benzene ring substituents is 1. The van der Waals surface area contributed by atoms with Crippen LogP contribution in [0.3, 0.4) is 0 Å². The van der Waals surface area contributed by atoms with Gasteiger partial charge in [-0.15, -0.1) is 0 Å². The van der Waals surface area contributed by atoms with Crippen molar-refractivity contribution in [3.8, 4) is 11.5 Å². The van der Waals surface area contributed by atoms with Gasteiger partial charge in [-0.1, -0.05) is 30.3 Å². The van der Waals surface area contributed by atoms with E-state index in [9.17, 15) is 14.5 Å². The number of rotatable bonds is 5. The molecular weight excluding hydrogens is 365 g/mol. The third-order valence-corrected chi connectivity index (χ3v) is 4.34. The summed E-state index contributed by atoms with van der Waals surface area (Å²) in [6.07, 6.45) is -0.586. The Hall–Kier alpha value is -3.45. The molecule has 0 amide bonds. The fraction of sp³-hybridized carbons (Fsp3) is 0.143. The fourth-order valence-corrected chi connectivity index (χ4v) is 2.98. The highest BCUT2D eigenvalue weighted by molar-refractivity contribution is 5.43. The first-order valence-electron chi connectivity index (χ1n) is 8.62. The van der Waals surface area contributed by atoms with Crippen LogP contribution in [-0.2, 0) is 18.0 Å². The predicted octanol–water partition coefficient (Wildman–Crippen LogP) is 4.92. The quantitative estimate of drug-likeness (QED) is 0.463. The van der Waals surface area contributed by atoms with Crippen molar-refractivity contribution in [1.29, 1.82) is 0 Å². The van der Waals surface area contributed by atoms with Gasteiger partial charge in [0.15, 0.2) is 0 Å². The van der Waals surface area contributed by atoms with Gasteiger partial charge >= 0.3 is 0 Å². The number of benzene rings is 3. The topological polar surface area (TPSA) is 70.8 Å². The molecule has 1 aliphatic rings. The number of fused-ring (bicyclic) bond motifs is 1. The molecule has 0 N–H and O–H groups in total. The molecule has 1 aliphatic heterocycles. The van der Waals surface area contributed by atoms with Gasteiger partial charge in [-0.3, -0.25) is 10.1 Å². The van der Waals surface area contributed by atoms with Gasteiger partial charge in [0.1, 0.15) is 23.9 Å². The second-order valence-electron chi connectivity index (χ2n) is 6.26. The van der Waals surface area contributed by atoms with E-state index >= 15 is 0 Å². The summed E-state index contributed by atoms with van der Waals surface area (Å²) in [4.78, 5) is 10.3. The van der Waals surface area contributed by atoms with E-state index < -0.39 is 17.0 Å². The monoisotopic (exact) mass is 381 g/mol. The van der Waals surface area contributed by atoms with E-state index in [-0.39, 0.29) is 18.9 Å². The zero-order valence-electron chi connectivity index (χ0n) is 14.7. The Bertz CT molecular complexity index is 992. The highest BCUT2D eigenvalue weighted by Crippen LogP contribution is 2.37. The first-order valence-corrected chi connectivity index (χ1v) is 8.62. The van der Waals surface area contributed by atoms with Crippen LogP contribution >= 0.6 is 0 Å². The molecule has 3 aromatic rings. The lowest BCUT2D eigenvalue weighted by Gasteiger charge is -2.28. The third-order valence-electron chi connectivity index (χ3n) is 4.34. The van der Waals surface area contributed by atoms with E-state index in [4.69, 9.17) is 14.2 Å². The van der Waals surface area contributed by atoms with Crippen molar-refractivity contribution in [2.45, 2.75) is 19.5 Å². The van der Waals surface area contributed by atoms with Crippen molar-refractivity contribution in [3.63, 3.8) is 0 Å². The first kappa shape index (κ1) is 17.9. The molecule has 0 aromatic heterocycles. The van der Waals surface area contributed by atoms with E-state index in [0.717, 1.165) is 5.56 Å². The van der Waals surface area contributed by atoms with Gasteiger partial charge in [-0.2, -0.15) is 0 Å². The molecule has 3 aromatic carbocycles. The minimum absolute atomic E-state index is 0.0262. The van der Waals surface area contributed by atoms with Crippen molar-refractivity contribution in [3.05, 3.63) is 99.4 Å². The number of nitrogens with zero attached hydrogens (tertiary/aromatic N) is 1.